The van der Waals surface area contributed by atoms with Crippen LogP contribution in [0.2, 0.25) is 0 Å². The number of fused-ring (bicyclic) bond motifs is 2. The lowest BCUT2D eigenvalue weighted by Crippen LogP contribution is -3.00. The standard InChI is InChI=1S/C30H32N7O2.BrH/c1-20-14-16-23(17-15-20)28-36-29(34(21(2)32-36)18-24-10-6-8-12-26(24)38-4)31-30-35(22(3)33-37(28)30)19-25-11-7-9-13-27(25)39-5;/h6-17,28H,18-19H2,1-5H3;1H/q+1;/p-1. The van der Waals surface area contributed by atoms with E-state index >= 15 is 0 Å². The zero-order valence-corrected chi connectivity index (χ0v) is 24.8. The van der Waals surface area contributed by atoms with Crippen molar-refractivity contribution in [3.05, 3.63) is 101 Å². The van der Waals surface area contributed by atoms with Gasteiger partial charge in [0.25, 0.3) is 5.96 Å². The summed E-state index contributed by atoms with van der Waals surface area (Å²) in [6.07, 6.45) is -0.289. The molecule has 0 aliphatic carbocycles. The summed E-state index contributed by atoms with van der Waals surface area (Å²) in [4.78, 5) is 7.33. The van der Waals surface area contributed by atoms with Crippen molar-refractivity contribution in [1.29, 1.82) is 0 Å². The summed E-state index contributed by atoms with van der Waals surface area (Å²) in [5.74, 6) is 4.89. The molecular weight excluding hydrogens is 570 g/mol. The molecule has 1 atom stereocenters. The Morgan fingerprint density at radius 1 is 0.825 bits per heavy atom. The van der Waals surface area contributed by atoms with Gasteiger partial charge in [-0.2, -0.15) is 10.1 Å². The number of aromatic nitrogens is 3. The Labute approximate surface area is 244 Å². The number of amidine groups is 1. The smallest absolute Gasteiger partial charge is 0.388 e. The molecule has 3 aromatic carbocycles. The molecule has 0 radical (unpaired) electrons. The second-order valence-corrected chi connectivity index (χ2v) is 9.78. The predicted octanol–water partition coefficient (Wildman–Crippen LogP) is 1.56. The summed E-state index contributed by atoms with van der Waals surface area (Å²) >= 11 is 0. The molecule has 10 heteroatoms. The van der Waals surface area contributed by atoms with Gasteiger partial charge in [0.1, 0.15) is 17.3 Å². The molecule has 0 fully saturated rings. The number of hydrogen-bond donors (Lipinski definition) is 0. The third-order valence-electron chi connectivity index (χ3n) is 7.26. The third-order valence-corrected chi connectivity index (χ3v) is 7.26. The minimum atomic E-state index is -0.289. The maximum atomic E-state index is 5.65. The quantitative estimate of drug-likeness (QED) is 0.301. The SMILES string of the molecule is COc1ccccc1CN1C(C)=NN2C1=Nc1n(nc(C)[n+]1Cc1ccccc1OC)C2c1ccc(C)cc1.[Br-]. The van der Waals surface area contributed by atoms with E-state index in [1.54, 1.807) is 14.2 Å². The predicted molar refractivity (Wildman–Crippen MR) is 149 cm³/mol. The van der Waals surface area contributed by atoms with Crippen molar-refractivity contribution in [2.45, 2.75) is 40.0 Å². The molecule has 0 saturated carbocycles. The largest absolute Gasteiger partial charge is 1.00 e. The van der Waals surface area contributed by atoms with Crippen LogP contribution in [-0.4, -0.2) is 45.7 Å². The van der Waals surface area contributed by atoms with Crippen LogP contribution >= 0.6 is 0 Å². The van der Waals surface area contributed by atoms with Crippen molar-refractivity contribution < 1.29 is 31.0 Å². The highest BCUT2D eigenvalue weighted by Gasteiger charge is 2.46. The van der Waals surface area contributed by atoms with Gasteiger partial charge in [0.2, 0.25) is 12.0 Å². The Balaban J connectivity index is 0.00000323. The number of rotatable bonds is 7. The van der Waals surface area contributed by atoms with E-state index in [1.807, 2.05) is 59.9 Å². The van der Waals surface area contributed by atoms with E-state index < -0.39 is 0 Å². The first kappa shape index (κ1) is 27.4. The van der Waals surface area contributed by atoms with Gasteiger partial charge < -0.3 is 26.5 Å². The molecule has 206 valence electrons. The molecule has 0 saturated heterocycles. The van der Waals surface area contributed by atoms with Crippen molar-refractivity contribution in [3.8, 4) is 11.5 Å². The van der Waals surface area contributed by atoms with Gasteiger partial charge >= 0.3 is 5.95 Å². The molecule has 0 spiro atoms. The zero-order chi connectivity index (χ0) is 27.1. The molecule has 0 bridgehead atoms. The van der Waals surface area contributed by atoms with Crippen LogP contribution in [-0.2, 0) is 13.1 Å². The van der Waals surface area contributed by atoms with Crippen LogP contribution in [0.4, 0.5) is 5.95 Å². The van der Waals surface area contributed by atoms with E-state index in [0.29, 0.717) is 13.1 Å². The van der Waals surface area contributed by atoms with E-state index in [2.05, 4.69) is 52.8 Å². The highest BCUT2D eigenvalue weighted by Crippen LogP contribution is 2.36. The number of ether oxygens (including phenoxy) is 2. The second kappa shape index (κ2) is 11.1. The van der Waals surface area contributed by atoms with Gasteiger partial charge in [-0.05, 0) is 31.1 Å². The van der Waals surface area contributed by atoms with Gasteiger partial charge in [-0.25, -0.2) is 4.57 Å². The van der Waals surface area contributed by atoms with E-state index in [-0.39, 0.29) is 23.1 Å². The highest BCUT2D eigenvalue weighted by molar-refractivity contribution is 6.03. The number of hydrazone groups is 1. The molecule has 6 rings (SSSR count). The van der Waals surface area contributed by atoms with Gasteiger partial charge in [-0.1, -0.05) is 75.9 Å². The van der Waals surface area contributed by atoms with Crippen LogP contribution in [0.3, 0.4) is 0 Å². The summed E-state index contributed by atoms with van der Waals surface area (Å²) in [5, 5.41) is 11.9. The molecule has 4 aromatic rings. The fourth-order valence-electron chi connectivity index (χ4n) is 5.19. The number of nitrogens with zero attached hydrogens (tertiary/aromatic N) is 7. The summed E-state index contributed by atoms with van der Waals surface area (Å²) in [6.45, 7) is 7.28. The van der Waals surface area contributed by atoms with E-state index in [0.717, 1.165) is 51.8 Å². The summed E-state index contributed by atoms with van der Waals surface area (Å²) in [5.41, 5.74) is 4.40. The minimum absolute atomic E-state index is 0. The van der Waals surface area contributed by atoms with Crippen molar-refractivity contribution in [3.63, 3.8) is 0 Å². The van der Waals surface area contributed by atoms with E-state index in [9.17, 15) is 0 Å². The van der Waals surface area contributed by atoms with Gasteiger partial charge in [-0.15, -0.1) is 0 Å². The Kier molecular flexibility index (Phi) is 7.62. The highest BCUT2D eigenvalue weighted by atomic mass is 79.9. The molecule has 1 unspecified atom stereocenters. The number of methoxy groups -OCH3 is 2. The van der Waals surface area contributed by atoms with Crippen molar-refractivity contribution >= 4 is 17.7 Å². The van der Waals surface area contributed by atoms with Crippen molar-refractivity contribution in [2.24, 2.45) is 10.1 Å². The van der Waals surface area contributed by atoms with Crippen molar-refractivity contribution in [2.75, 3.05) is 14.2 Å². The number of benzene rings is 3. The minimum Gasteiger partial charge on any atom is -1.00 e. The monoisotopic (exact) mass is 601 g/mol. The molecule has 0 N–H and O–H groups in total. The lowest BCUT2D eigenvalue weighted by atomic mass is 10.1. The van der Waals surface area contributed by atoms with E-state index in [1.165, 1.54) is 5.56 Å². The third kappa shape index (κ3) is 4.72. The maximum Gasteiger partial charge on any atom is 0.388 e. The fraction of sp³-hybridized carbons (Fsp3) is 0.267. The Morgan fingerprint density at radius 2 is 1.45 bits per heavy atom. The molecule has 2 aliphatic rings. The number of guanidine groups is 1. The first-order chi connectivity index (χ1) is 19.0. The summed E-state index contributed by atoms with van der Waals surface area (Å²) < 4.78 is 15.4. The average molecular weight is 603 g/mol. The van der Waals surface area contributed by atoms with Crippen LogP contribution in [0.1, 0.15) is 41.2 Å². The van der Waals surface area contributed by atoms with Gasteiger partial charge in [0.05, 0.1) is 27.3 Å². The topological polar surface area (TPSA) is 71.4 Å². The van der Waals surface area contributed by atoms with Gasteiger partial charge in [0, 0.05) is 23.6 Å². The number of halogens is 1. The van der Waals surface area contributed by atoms with Crippen molar-refractivity contribution in [1.82, 2.24) is 19.7 Å². The van der Waals surface area contributed by atoms with Crippen LogP contribution < -0.4 is 31.0 Å². The average Bonchev–Trinajstić information content (AvgIpc) is 3.43. The molecule has 3 heterocycles. The number of aryl methyl sites for hydroxylation is 2. The van der Waals surface area contributed by atoms with E-state index in [4.69, 9.17) is 24.7 Å². The molecule has 40 heavy (non-hydrogen) atoms. The number of para-hydroxylation sites is 2. The molecule has 2 aliphatic heterocycles. The lowest BCUT2D eigenvalue weighted by molar-refractivity contribution is -0.682. The lowest BCUT2D eigenvalue weighted by Gasteiger charge is -2.28. The second-order valence-electron chi connectivity index (χ2n) is 9.78. The van der Waals surface area contributed by atoms with Crippen LogP contribution in [0.25, 0.3) is 0 Å². The molecule has 9 nitrogen and oxygen atoms in total. The fourth-order valence-corrected chi connectivity index (χ4v) is 5.19. The Hall–Kier alpha value is -4.18. The summed E-state index contributed by atoms with van der Waals surface area (Å²) in [7, 11) is 3.40. The van der Waals surface area contributed by atoms with Gasteiger partial charge in [-0.3, -0.25) is 4.90 Å². The zero-order valence-electron chi connectivity index (χ0n) is 23.2. The number of hydrogen-bond acceptors (Lipinski definition) is 7. The number of aliphatic imine (C=N–C) groups is 1. The van der Waals surface area contributed by atoms with Crippen LogP contribution in [0, 0.1) is 13.8 Å². The normalized spacial score (nSPS) is 15.6. The summed E-state index contributed by atoms with van der Waals surface area (Å²) in [6, 6.07) is 24.6. The van der Waals surface area contributed by atoms with Crippen LogP contribution in [0.15, 0.2) is 82.9 Å². The Bertz CT molecular complexity index is 1600. The maximum absolute atomic E-state index is 5.65. The van der Waals surface area contributed by atoms with Crippen LogP contribution in [0.5, 0.6) is 11.5 Å². The van der Waals surface area contributed by atoms with Gasteiger partial charge in [0.15, 0.2) is 0 Å². The first-order valence-corrected chi connectivity index (χ1v) is 13.0. The molecule has 1 aromatic heterocycles. The molecule has 0 amide bonds. The first-order valence-electron chi connectivity index (χ1n) is 13.0. The Morgan fingerprint density at radius 3 is 2.12 bits per heavy atom. The molecular formula is C30H32BrN7O2.